The van der Waals surface area contributed by atoms with Crippen LogP contribution >= 0.6 is 11.6 Å². The molecule has 0 aliphatic heterocycles. The molecule has 1 unspecified atom stereocenters. The van der Waals surface area contributed by atoms with Gasteiger partial charge in [0.1, 0.15) is 12.7 Å². The number of aromatic nitrogens is 3. The molecule has 17 heavy (non-hydrogen) atoms. The number of hydrogen-bond donors (Lipinski definition) is 1. The van der Waals surface area contributed by atoms with Gasteiger partial charge in [-0.05, 0) is 24.5 Å². The maximum Gasteiger partial charge on any atom is 0.138 e. The van der Waals surface area contributed by atoms with Gasteiger partial charge < -0.3 is 5.73 Å². The van der Waals surface area contributed by atoms with Gasteiger partial charge in [-0.15, -0.1) is 0 Å². The van der Waals surface area contributed by atoms with Gasteiger partial charge >= 0.3 is 0 Å². The predicted molar refractivity (Wildman–Crippen MR) is 68.3 cm³/mol. The third-order valence-corrected chi connectivity index (χ3v) is 3.03. The van der Waals surface area contributed by atoms with Crippen LogP contribution in [0.15, 0.2) is 30.9 Å². The van der Waals surface area contributed by atoms with E-state index in [0.717, 1.165) is 24.1 Å². The van der Waals surface area contributed by atoms with Gasteiger partial charge in [-0.2, -0.15) is 5.10 Å². The fourth-order valence-electron chi connectivity index (χ4n) is 1.73. The molecule has 2 aromatic rings. The lowest BCUT2D eigenvalue weighted by Gasteiger charge is -2.14. The Morgan fingerprint density at radius 2 is 2.29 bits per heavy atom. The second-order valence-corrected chi connectivity index (χ2v) is 4.37. The molecule has 0 aliphatic carbocycles. The van der Waals surface area contributed by atoms with E-state index in [1.807, 2.05) is 18.2 Å². The molecule has 0 saturated carbocycles. The molecule has 5 heteroatoms. The molecule has 1 atom stereocenters. The van der Waals surface area contributed by atoms with E-state index in [1.54, 1.807) is 11.0 Å². The van der Waals surface area contributed by atoms with Gasteiger partial charge in [0.15, 0.2) is 0 Å². The zero-order chi connectivity index (χ0) is 12.3. The Bertz CT molecular complexity index is 481. The highest BCUT2D eigenvalue weighted by atomic mass is 35.5. The molecule has 0 fully saturated rings. The smallest absolute Gasteiger partial charge is 0.138 e. The van der Waals surface area contributed by atoms with Crippen LogP contribution in [0.1, 0.15) is 18.9 Å². The SMILES string of the molecule is CCC(N)Cc1cccc(Cl)c1-n1cncn1. The minimum atomic E-state index is 0.135. The third-order valence-electron chi connectivity index (χ3n) is 2.72. The van der Waals surface area contributed by atoms with Crippen molar-refractivity contribution in [2.75, 3.05) is 0 Å². The van der Waals surface area contributed by atoms with Gasteiger partial charge in [0.05, 0.1) is 10.7 Å². The van der Waals surface area contributed by atoms with Crippen LogP contribution in [0.4, 0.5) is 0 Å². The van der Waals surface area contributed by atoms with Gasteiger partial charge in [-0.1, -0.05) is 30.7 Å². The molecular formula is C12H15ClN4. The van der Waals surface area contributed by atoms with E-state index in [9.17, 15) is 0 Å². The lowest BCUT2D eigenvalue weighted by molar-refractivity contribution is 0.642. The summed E-state index contributed by atoms with van der Waals surface area (Å²) in [5, 5.41) is 4.78. The van der Waals surface area contributed by atoms with Crippen molar-refractivity contribution >= 4 is 11.6 Å². The first kappa shape index (κ1) is 12.1. The molecule has 1 aromatic heterocycles. The molecule has 1 heterocycles. The van der Waals surface area contributed by atoms with E-state index in [-0.39, 0.29) is 6.04 Å². The summed E-state index contributed by atoms with van der Waals surface area (Å²) in [5.41, 5.74) is 7.95. The second kappa shape index (κ2) is 5.29. The molecule has 90 valence electrons. The largest absolute Gasteiger partial charge is 0.327 e. The number of benzene rings is 1. The van der Waals surface area contributed by atoms with Crippen molar-refractivity contribution in [3.05, 3.63) is 41.4 Å². The minimum absolute atomic E-state index is 0.135. The highest BCUT2D eigenvalue weighted by Crippen LogP contribution is 2.24. The van der Waals surface area contributed by atoms with Gasteiger partial charge in [0.2, 0.25) is 0 Å². The van der Waals surface area contributed by atoms with Gasteiger partial charge in [-0.25, -0.2) is 9.67 Å². The quantitative estimate of drug-likeness (QED) is 0.905. The Labute approximate surface area is 105 Å². The van der Waals surface area contributed by atoms with E-state index in [1.165, 1.54) is 6.33 Å². The first-order valence-corrected chi connectivity index (χ1v) is 5.98. The molecule has 0 bridgehead atoms. The third kappa shape index (κ3) is 2.65. The summed E-state index contributed by atoms with van der Waals surface area (Å²) in [4.78, 5) is 3.94. The van der Waals surface area contributed by atoms with Crippen LogP contribution in [0.2, 0.25) is 5.02 Å². The fraction of sp³-hybridized carbons (Fsp3) is 0.333. The molecule has 2 rings (SSSR count). The molecule has 0 saturated heterocycles. The lowest BCUT2D eigenvalue weighted by Crippen LogP contribution is -2.22. The molecule has 4 nitrogen and oxygen atoms in total. The number of hydrogen-bond acceptors (Lipinski definition) is 3. The predicted octanol–water partition coefficient (Wildman–Crippen LogP) is 2.20. The zero-order valence-corrected chi connectivity index (χ0v) is 10.4. The van der Waals surface area contributed by atoms with Crippen molar-refractivity contribution < 1.29 is 0 Å². The molecule has 1 aromatic carbocycles. The summed E-state index contributed by atoms with van der Waals surface area (Å²) in [7, 11) is 0. The van der Waals surface area contributed by atoms with Crippen LogP contribution in [0.25, 0.3) is 5.69 Å². The Kier molecular flexibility index (Phi) is 3.76. The highest BCUT2D eigenvalue weighted by Gasteiger charge is 2.12. The van der Waals surface area contributed by atoms with Gasteiger partial charge in [-0.3, -0.25) is 0 Å². The van der Waals surface area contributed by atoms with Crippen LogP contribution < -0.4 is 5.73 Å². The van der Waals surface area contributed by atoms with Gasteiger partial charge in [0.25, 0.3) is 0 Å². The van der Waals surface area contributed by atoms with Crippen molar-refractivity contribution in [1.29, 1.82) is 0 Å². The summed E-state index contributed by atoms with van der Waals surface area (Å²) in [6.45, 7) is 2.07. The van der Waals surface area contributed by atoms with Crippen LogP contribution in [0.5, 0.6) is 0 Å². The first-order chi connectivity index (χ1) is 8.22. The number of halogens is 1. The van der Waals surface area contributed by atoms with Crippen LogP contribution in [0, 0.1) is 0 Å². The molecular weight excluding hydrogens is 236 g/mol. The van der Waals surface area contributed by atoms with Crippen LogP contribution in [0.3, 0.4) is 0 Å². The Morgan fingerprint density at radius 1 is 1.47 bits per heavy atom. The Balaban J connectivity index is 2.42. The summed E-state index contributed by atoms with van der Waals surface area (Å²) in [6, 6.07) is 5.94. The van der Waals surface area contributed by atoms with E-state index in [2.05, 4.69) is 17.0 Å². The van der Waals surface area contributed by atoms with Crippen molar-refractivity contribution in [1.82, 2.24) is 14.8 Å². The topological polar surface area (TPSA) is 56.7 Å². The monoisotopic (exact) mass is 250 g/mol. The molecule has 0 aliphatic rings. The Hall–Kier alpha value is -1.39. The average Bonchev–Trinajstić information content (AvgIpc) is 2.82. The molecule has 2 N–H and O–H groups in total. The maximum atomic E-state index is 6.22. The Morgan fingerprint density at radius 3 is 2.94 bits per heavy atom. The van der Waals surface area contributed by atoms with Crippen LogP contribution in [-0.2, 0) is 6.42 Å². The van der Waals surface area contributed by atoms with Gasteiger partial charge in [0, 0.05) is 6.04 Å². The van der Waals surface area contributed by atoms with E-state index in [4.69, 9.17) is 17.3 Å². The van der Waals surface area contributed by atoms with E-state index < -0.39 is 0 Å². The minimum Gasteiger partial charge on any atom is -0.327 e. The number of nitrogens with two attached hydrogens (primary N) is 1. The van der Waals surface area contributed by atoms with Crippen molar-refractivity contribution in [2.45, 2.75) is 25.8 Å². The maximum absolute atomic E-state index is 6.22. The molecule has 0 spiro atoms. The molecule has 0 radical (unpaired) electrons. The summed E-state index contributed by atoms with van der Waals surface area (Å²) in [5.74, 6) is 0. The fourth-order valence-corrected chi connectivity index (χ4v) is 2.01. The first-order valence-electron chi connectivity index (χ1n) is 5.60. The van der Waals surface area contributed by atoms with Crippen LogP contribution in [-0.4, -0.2) is 20.8 Å². The van der Waals surface area contributed by atoms with E-state index in [0.29, 0.717) is 5.02 Å². The number of nitrogens with zero attached hydrogens (tertiary/aromatic N) is 3. The van der Waals surface area contributed by atoms with E-state index >= 15 is 0 Å². The van der Waals surface area contributed by atoms with Crippen molar-refractivity contribution in [2.24, 2.45) is 5.73 Å². The lowest BCUT2D eigenvalue weighted by atomic mass is 10.0. The number of para-hydroxylation sites is 1. The summed E-state index contributed by atoms with van der Waals surface area (Å²) >= 11 is 6.22. The molecule has 0 amide bonds. The van der Waals surface area contributed by atoms with Crippen molar-refractivity contribution in [3.63, 3.8) is 0 Å². The van der Waals surface area contributed by atoms with Crippen molar-refractivity contribution in [3.8, 4) is 5.69 Å². The normalized spacial score (nSPS) is 12.6. The summed E-state index contributed by atoms with van der Waals surface area (Å²) in [6.07, 6.45) is 4.85. The zero-order valence-electron chi connectivity index (χ0n) is 9.68. The highest BCUT2D eigenvalue weighted by molar-refractivity contribution is 6.32. The average molecular weight is 251 g/mol. The number of rotatable bonds is 4. The second-order valence-electron chi connectivity index (χ2n) is 3.96. The summed E-state index contributed by atoms with van der Waals surface area (Å²) < 4.78 is 1.68. The standard InChI is InChI=1S/C12H15ClN4/c1-2-10(14)6-9-4-3-5-11(13)12(9)17-8-15-7-16-17/h3-5,7-8,10H,2,6,14H2,1H3.